The van der Waals surface area contributed by atoms with Crippen LogP contribution in [0.2, 0.25) is 10.0 Å². The Morgan fingerprint density at radius 3 is 2.68 bits per heavy atom. The van der Waals surface area contributed by atoms with E-state index in [0.717, 1.165) is 0 Å². The van der Waals surface area contributed by atoms with Crippen LogP contribution in [0.15, 0.2) is 56.6 Å². The van der Waals surface area contributed by atoms with Crippen molar-refractivity contribution in [2.75, 3.05) is 0 Å². The number of nitrogens with two attached hydrogens (primary N) is 1. The zero-order chi connectivity index (χ0) is 17.7. The van der Waals surface area contributed by atoms with Crippen molar-refractivity contribution < 1.29 is 8.63 Å². The predicted molar refractivity (Wildman–Crippen MR) is 100 cm³/mol. The van der Waals surface area contributed by atoms with Crippen LogP contribution in [0.5, 0.6) is 0 Å². The molecule has 1 atom stereocenters. The monoisotopic (exact) mass is 392 g/mol. The van der Waals surface area contributed by atoms with Crippen molar-refractivity contribution in [1.82, 2.24) is 4.98 Å². The summed E-state index contributed by atoms with van der Waals surface area (Å²) in [7, 11) is -1.65. The van der Waals surface area contributed by atoms with Gasteiger partial charge in [-0.15, -0.1) is 0 Å². The number of H-pyrrole nitrogens is 1. The molecular weight excluding hydrogens is 383 g/mol. The largest absolute Gasteiger partial charge is 0.454 e. The Kier molecular flexibility index (Phi) is 3.92. The molecule has 0 saturated carbocycles. The van der Waals surface area contributed by atoms with Crippen LogP contribution in [-0.2, 0) is 11.0 Å². The molecule has 2 heterocycles. The smallest absolute Gasteiger partial charge is 0.268 e. The Balaban J connectivity index is 2.14. The molecule has 2 aromatic carbocycles. The number of pyridine rings is 1. The summed E-state index contributed by atoms with van der Waals surface area (Å²) in [4.78, 5) is 15.5. The number of aromatic nitrogens is 1. The fraction of sp³-hybridized carbons (Fsp3) is 0. The Morgan fingerprint density at radius 1 is 1.12 bits per heavy atom. The van der Waals surface area contributed by atoms with E-state index in [9.17, 15) is 9.00 Å². The summed E-state index contributed by atoms with van der Waals surface area (Å²) in [6.07, 6.45) is 0. The molecule has 1 unspecified atom stereocenters. The Morgan fingerprint density at radius 2 is 1.92 bits per heavy atom. The molecular formula is C17H10Cl2N2O3S. The number of hydrogen-bond donors (Lipinski definition) is 2. The van der Waals surface area contributed by atoms with Crippen molar-refractivity contribution in [2.45, 2.75) is 4.90 Å². The lowest BCUT2D eigenvalue weighted by atomic mass is 10.1. The van der Waals surface area contributed by atoms with Crippen molar-refractivity contribution >= 4 is 56.3 Å². The molecule has 25 heavy (non-hydrogen) atoms. The van der Waals surface area contributed by atoms with E-state index < -0.39 is 16.5 Å². The number of fused-ring (bicyclic) bond motifs is 3. The van der Waals surface area contributed by atoms with E-state index in [1.807, 2.05) is 0 Å². The second kappa shape index (κ2) is 6.00. The van der Waals surface area contributed by atoms with Crippen LogP contribution in [-0.4, -0.2) is 9.19 Å². The number of rotatable bonds is 2. The standard InChI is InChI=1S/C17H10Cl2N2O3S/c18-9-4-5-12-11(7-9)15-16(24-12)13(14(19)17(22)21-15)8-2-1-3-10(6-8)25(20)23/h1-7H,20H2,(H,21,22). The molecule has 2 aromatic heterocycles. The number of aromatic amines is 1. The Hall–Kier alpha value is -2.12. The van der Waals surface area contributed by atoms with E-state index in [0.29, 0.717) is 43.1 Å². The van der Waals surface area contributed by atoms with Gasteiger partial charge >= 0.3 is 0 Å². The van der Waals surface area contributed by atoms with Crippen LogP contribution in [0, 0.1) is 0 Å². The molecule has 0 aliphatic carbocycles. The third-order valence-electron chi connectivity index (χ3n) is 3.89. The fourth-order valence-corrected chi connectivity index (χ4v) is 3.66. The number of furan rings is 1. The quantitative estimate of drug-likeness (QED) is 0.534. The van der Waals surface area contributed by atoms with E-state index in [2.05, 4.69) is 4.98 Å². The first-order chi connectivity index (χ1) is 12.0. The molecule has 5 nitrogen and oxygen atoms in total. The van der Waals surface area contributed by atoms with Crippen LogP contribution in [0.4, 0.5) is 0 Å². The molecule has 0 saturated heterocycles. The SMILES string of the molecule is NS(=O)c1cccc(-c2c(Cl)c(=O)[nH]c3c2oc2ccc(Cl)cc23)c1. The minimum absolute atomic E-state index is 0.0161. The van der Waals surface area contributed by atoms with Gasteiger partial charge in [-0.3, -0.25) is 4.79 Å². The maximum atomic E-state index is 12.3. The molecule has 0 amide bonds. The molecule has 0 radical (unpaired) electrons. The molecule has 8 heteroatoms. The topological polar surface area (TPSA) is 89.1 Å². The van der Waals surface area contributed by atoms with Gasteiger partial charge in [0, 0.05) is 10.4 Å². The van der Waals surface area contributed by atoms with Crippen LogP contribution in [0.1, 0.15) is 0 Å². The lowest BCUT2D eigenvalue weighted by Gasteiger charge is -2.06. The van der Waals surface area contributed by atoms with Gasteiger partial charge in [0.25, 0.3) is 5.56 Å². The number of nitrogens with one attached hydrogen (secondary N) is 1. The predicted octanol–water partition coefficient (Wildman–Crippen LogP) is 4.23. The second-order valence-corrected chi connectivity index (χ2v) is 7.30. The number of benzene rings is 2. The van der Waals surface area contributed by atoms with Crippen LogP contribution in [0.25, 0.3) is 33.2 Å². The van der Waals surface area contributed by atoms with Crippen molar-refractivity contribution in [2.24, 2.45) is 5.14 Å². The lowest BCUT2D eigenvalue weighted by Crippen LogP contribution is -2.08. The van der Waals surface area contributed by atoms with Gasteiger partial charge in [-0.25, -0.2) is 9.35 Å². The molecule has 0 spiro atoms. The highest BCUT2D eigenvalue weighted by Crippen LogP contribution is 2.38. The third-order valence-corrected chi connectivity index (χ3v) is 5.20. The normalized spacial score (nSPS) is 12.8. The summed E-state index contributed by atoms with van der Waals surface area (Å²) in [6.45, 7) is 0. The molecule has 0 fully saturated rings. The first-order valence-electron chi connectivity index (χ1n) is 7.16. The van der Waals surface area contributed by atoms with E-state index in [1.165, 1.54) is 0 Å². The van der Waals surface area contributed by atoms with Gasteiger partial charge in [0.05, 0.1) is 16.0 Å². The van der Waals surface area contributed by atoms with E-state index in [4.69, 9.17) is 32.8 Å². The summed E-state index contributed by atoms with van der Waals surface area (Å²) in [5, 5.41) is 6.63. The molecule has 0 aliphatic rings. The average molecular weight is 393 g/mol. The summed E-state index contributed by atoms with van der Waals surface area (Å²) >= 11 is 12.3. The minimum Gasteiger partial charge on any atom is -0.454 e. The highest BCUT2D eigenvalue weighted by atomic mass is 35.5. The van der Waals surface area contributed by atoms with Gasteiger partial charge in [0.2, 0.25) is 0 Å². The van der Waals surface area contributed by atoms with Gasteiger partial charge < -0.3 is 9.40 Å². The highest BCUT2D eigenvalue weighted by molar-refractivity contribution is 7.82. The van der Waals surface area contributed by atoms with Gasteiger partial charge in [0.15, 0.2) is 5.58 Å². The molecule has 0 aliphatic heterocycles. The summed E-state index contributed by atoms with van der Waals surface area (Å²) in [6, 6.07) is 11.8. The molecule has 0 bridgehead atoms. The summed E-state index contributed by atoms with van der Waals surface area (Å²) in [5.74, 6) is 0. The Labute approximate surface area is 153 Å². The lowest BCUT2D eigenvalue weighted by molar-refractivity contribution is 0.669. The summed E-state index contributed by atoms with van der Waals surface area (Å²) < 4.78 is 17.5. The van der Waals surface area contributed by atoms with Gasteiger partial charge in [-0.2, -0.15) is 0 Å². The zero-order valence-corrected chi connectivity index (χ0v) is 14.8. The molecule has 4 aromatic rings. The van der Waals surface area contributed by atoms with Crippen LogP contribution in [0.3, 0.4) is 0 Å². The van der Waals surface area contributed by atoms with Gasteiger partial charge in [0.1, 0.15) is 21.6 Å². The van der Waals surface area contributed by atoms with Crippen molar-refractivity contribution in [1.29, 1.82) is 0 Å². The minimum atomic E-state index is -1.65. The van der Waals surface area contributed by atoms with Crippen LogP contribution >= 0.6 is 23.2 Å². The molecule has 4 rings (SSSR count). The van der Waals surface area contributed by atoms with Gasteiger partial charge in [-0.05, 0) is 35.9 Å². The number of hydrogen-bond acceptors (Lipinski definition) is 3. The van der Waals surface area contributed by atoms with Gasteiger partial charge in [-0.1, -0.05) is 35.3 Å². The third kappa shape index (κ3) is 2.67. The fourth-order valence-electron chi connectivity index (χ4n) is 2.79. The van der Waals surface area contributed by atoms with Crippen LogP contribution < -0.4 is 10.7 Å². The second-order valence-electron chi connectivity index (χ2n) is 5.42. The van der Waals surface area contributed by atoms with Crippen molar-refractivity contribution in [3.8, 4) is 11.1 Å². The maximum Gasteiger partial charge on any atom is 0.268 e. The maximum absolute atomic E-state index is 12.3. The molecule has 126 valence electrons. The van der Waals surface area contributed by atoms with E-state index >= 15 is 0 Å². The Bertz CT molecular complexity index is 1230. The molecule has 3 N–H and O–H groups in total. The first-order valence-corrected chi connectivity index (χ1v) is 9.13. The first kappa shape index (κ1) is 16.4. The zero-order valence-electron chi connectivity index (χ0n) is 12.5. The van der Waals surface area contributed by atoms with Crippen molar-refractivity contribution in [3.05, 3.63) is 62.9 Å². The highest BCUT2D eigenvalue weighted by Gasteiger charge is 2.19. The summed E-state index contributed by atoms with van der Waals surface area (Å²) in [5.41, 5.74) is 2.04. The van der Waals surface area contributed by atoms with E-state index in [1.54, 1.807) is 42.5 Å². The average Bonchev–Trinajstić information content (AvgIpc) is 2.93. The number of halogens is 2. The van der Waals surface area contributed by atoms with E-state index in [-0.39, 0.29) is 5.02 Å². The van der Waals surface area contributed by atoms with Crippen molar-refractivity contribution in [3.63, 3.8) is 0 Å².